The van der Waals surface area contributed by atoms with E-state index in [-0.39, 0.29) is 35.3 Å². The van der Waals surface area contributed by atoms with Crippen LogP contribution in [0, 0.1) is 11.6 Å². The van der Waals surface area contributed by atoms with Crippen molar-refractivity contribution in [3.8, 4) is 23.0 Å². The molecule has 0 aliphatic heterocycles. The van der Waals surface area contributed by atoms with Crippen molar-refractivity contribution in [2.75, 3.05) is 31.5 Å². The Morgan fingerprint density at radius 3 is 2.23 bits per heavy atom. The van der Waals surface area contributed by atoms with Gasteiger partial charge < -0.3 is 30.6 Å². The second-order valence-electron chi connectivity index (χ2n) is 9.35. The van der Waals surface area contributed by atoms with Crippen LogP contribution in [0.25, 0.3) is 22.0 Å². The van der Waals surface area contributed by atoms with Crippen molar-refractivity contribution >= 4 is 45.5 Å². The normalized spacial score (nSPS) is 10.8. The van der Waals surface area contributed by atoms with E-state index in [4.69, 9.17) is 19.9 Å². The maximum Gasteiger partial charge on any atom is 0.338 e. The Kier molecular flexibility index (Phi) is 8.47. The van der Waals surface area contributed by atoms with E-state index in [0.29, 0.717) is 39.1 Å². The zero-order valence-corrected chi connectivity index (χ0v) is 23.8. The highest BCUT2D eigenvalue weighted by Gasteiger charge is 2.18. The molecule has 11 nitrogen and oxygen atoms in total. The Balaban J connectivity index is 1.60. The number of halogens is 2. The number of anilines is 4. The summed E-state index contributed by atoms with van der Waals surface area (Å²) in [6.07, 6.45) is 2.89. The highest BCUT2D eigenvalue weighted by atomic mass is 19.1. The van der Waals surface area contributed by atoms with Crippen LogP contribution < -0.4 is 25.8 Å². The van der Waals surface area contributed by atoms with E-state index in [1.54, 1.807) is 37.4 Å². The number of amides is 1. The molecule has 0 unspecified atom stereocenters. The van der Waals surface area contributed by atoms with Crippen molar-refractivity contribution in [3.05, 3.63) is 89.8 Å². The number of nitrogens with one attached hydrogen (secondary N) is 2. The molecule has 0 aliphatic rings. The number of carbonyl (C=O) groups excluding carboxylic acids is 2. The molecule has 3 aromatic carbocycles. The highest BCUT2D eigenvalue weighted by molar-refractivity contribution is 6.08. The Labute approximate surface area is 250 Å². The number of fused-ring (bicyclic) bond motifs is 1. The molecule has 0 saturated carbocycles. The zero-order valence-electron chi connectivity index (χ0n) is 23.8. The first-order valence-corrected chi connectivity index (χ1v) is 13.2. The molecule has 4 N–H and O–H groups in total. The van der Waals surface area contributed by atoms with Gasteiger partial charge in [-0.25, -0.2) is 18.6 Å². The number of methoxy groups -OCH3 is 2. The third-order valence-corrected chi connectivity index (χ3v) is 6.42. The smallest absolute Gasteiger partial charge is 0.338 e. The number of carbonyl (C=O) groups is 2. The van der Waals surface area contributed by atoms with Crippen LogP contribution in [0.1, 0.15) is 27.6 Å². The lowest BCUT2D eigenvalue weighted by molar-refractivity contribution is 0.0526. The van der Waals surface area contributed by atoms with Gasteiger partial charge in [0.2, 0.25) is 5.88 Å². The van der Waals surface area contributed by atoms with E-state index < -0.39 is 23.5 Å². The highest BCUT2D eigenvalue weighted by Crippen LogP contribution is 2.35. The van der Waals surface area contributed by atoms with Gasteiger partial charge in [0.15, 0.2) is 0 Å². The number of hydrogen-bond acceptors (Lipinski definition) is 10. The maximum absolute atomic E-state index is 13.9. The number of rotatable bonds is 10. The second kappa shape index (κ2) is 12.6. The van der Waals surface area contributed by atoms with Crippen LogP contribution in [0.5, 0.6) is 11.9 Å². The number of hydrogen-bond donors (Lipinski definition) is 3. The molecule has 224 valence electrons. The lowest BCUT2D eigenvalue weighted by atomic mass is 10.0. The maximum atomic E-state index is 13.9. The number of aromatic nitrogens is 3. The standard InChI is InChI=1S/C31H26F2N6O5/c1-4-44-30(41)17-7-20(37-22-11-18(32)10-19(33)12-22)13-21(8-17)38-27-23-6-5-16(9-26(23)35-15-25(27)28(34)40)24-14-36-31(43-3)39-29(24)42-2/h5-15,37H,4H2,1-3H3,(H2,34,40)(H,35,38). The number of esters is 1. The molecule has 0 atom stereocenters. The van der Waals surface area contributed by atoms with Gasteiger partial charge in [0.1, 0.15) is 11.6 Å². The summed E-state index contributed by atoms with van der Waals surface area (Å²) in [5.41, 5.74) is 8.77. The predicted molar refractivity (Wildman–Crippen MR) is 160 cm³/mol. The van der Waals surface area contributed by atoms with Gasteiger partial charge in [0.05, 0.1) is 48.7 Å². The first kappa shape index (κ1) is 29.6. The Morgan fingerprint density at radius 2 is 1.57 bits per heavy atom. The monoisotopic (exact) mass is 600 g/mol. The molecule has 2 heterocycles. The minimum Gasteiger partial charge on any atom is -0.480 e. The van der Waals surface area contributed by atoms with Crippen LogP contribution in [-0.2, 0) is 4.74 Å². The van der Waals surface area contributed by atoms with Crippen molar-refractivity contribution in [1.82, 2.24) is 15.0 Å². The fraction of sp³-hybridized carbons (Fsp3) is 0.129. The van der Waals surface area contributed by atoms with Gasteiger partial charge in [-0.2, -0.15) is 4.98 Å². The van der Waals surface area contributed by atoms with Gasteiger partial charge in [0, 0.05) is 40.9 Å². The van der Waals surface area contributed by atoms with Crippen LogP contribution in [0.3, 0.4) is 0 Å². The van der Waals surface area contributed by atoms with Gasteiger partial charge in [-0.1, -0.05) is 12.1 Å². The predicted octanol–water partition coefficient (Wildman–Crippen LogP) is 5.75. The molecule has 13 heteroatoms. The lowest BCUT2D eigenvalue weighted by Gasteiger charge is -2.17. The number of nitrogens with zero attached hydrogens (tertiary/aromatic N) is 3. The van der Waals surface area contributed by atoms with Crippen molar-refractivity contribution in [2.45, 2.75) is 6.92 Å². The molecular weight excluding hydrogens is 574 g/mol. The summed E-state index contributed by atoms with van der Waals surface area (Å²) >= 11 is 0. The summed E-state index contributed by atoms with van der Waals surface area (Å²) in [5.74, 6) is -2.64. The molecule has 5 aromatic rings. The summed E-state index contributed by atoms with van der Waals surface area (Å²) in [7, 11) is 2.92. The molecule has 2 aromatic heterocycles. The summed E-state index contributed by atoms with van der Waals surface area (Å²) in [4.78, 5) is 38.0. The van der Waals surface area contributed by atoms with Crippen LogP contribution >= 0.6 is 0 Å². The first-order valence-electron chi connectivity index (χ1n) is 13.2. The summed E-state index contributed by atoms with van der Waals surface area (Å²) in [5, 5.41) is 6.61. The third kappa shape index (κ3) is 6.31. The van der Waals surface area contributed by atoms with Gasteiger partial charge in [-0.15, -0.1) is 0 Å². The minimum absolute atomic E-state index is 0.0823. The molecular formula is C31H26F2N6O5. The van der Waals surface area contributed by atoms with Gasteiger partial charge in [-0.3, -0.25) is 9.78 Å². The molecule has 0 saturated heterocycles. The SMILES string of the molecule is CCOC(=O)c1cc(Nc2cc(F)cc(F)c2)cc(Nc2c(C(N)=O)cnc3cc(-c4cnc(OC)nc4OC)ccc23)c1. The van der Waals surface area contributed by atoms with Crippen LogP contribution in [0.2, 0.25) is 0 Å². The van der Waals surface area contributed by atoms with Gasteiger partial charge in [-0.05, 0) is 48.9 Å². The molecule has 0 fully saturated rings. The van der Waals surface area contributed by atoms with Gasteiger partial charge >= 0.3 is 12.0 Å². The van der Waals surface area contributed by atoms with Gasteiger partial charge in [0.25, 0.3) is 5.91 Å². The van der Waals surface area contributed by atoms with E-state index in [0.717, 1.165) is 18.2 Å². The fourth-order valence-corrected chi connectivity index (χ4v) is 4.53. The lowest BCUT2D eigenvalue weighted by Crippen LogP contribution is -2.14. The molecule has 0 spiro atoms. The van der Waals surface area contributed by atoms with E-state index in [2.05, 4.69) is 25.6 Å². The number of ether oxygens (including phenoxy) is 3. The largest absolute Gasteiger partial charge is 0.480 e. The van der Waals surface area contributed by atoms with E-state index in [9.17, 15) is 18.4 Å². The first-order chi connectivity index (χ1) is 21.2. The van der Waals surface area contributed by atoms with Crippen LogP contribution in [-0.4, -0.2) is 47.7 Å². The number of nitrogens with two attached hydrogens (primary N) is 1. The Hall–Kier alpha value is -5.85. The van der Waals surface area contributed by atoms with Crippen molar-refractivity contribution in [2.24, 2.45) is 5.73 Å². The average molecular weight is 601 g/mol. The van der Waals surface area contributed by atoms with Crippen LogP contribution in [0.15, 0.2) is 67.0 Å². The average Bonchev–Trinajstić information content (AvgIpc) is 3.00. The number of benzene rings is 3. The second-order valence-corrected chi connectivity index (χ2v) is 9.35. The molecule has 1 amide bonds. The molecule has 44 heavy (non-hydrogen) atoms. The topological polar surface area (TPSA) is 151 Å². The molecule has 0 radical (unpaired) electrons. The zero-order chi connectivity index (χ0) is 31.4. The quantitative estimate of drug-likeness (QED) is 0.169. The summed E-state index contributed by atoms with van der Waals surface area (Å²) < 4.78 is 43.4. The number of primary amides is 1. The van der Waals surface area contributed by atoms with Crippen molar-refractivity contribution < 1.29 is 32.6 Å². The Bertz CT molecular complexity index is 1880. The van der Waals surface area contributed by atoms with E-state index in [1.807, 2.05) is 0 Å². The summed E-state index contributed by atoms with van der Waals surface area (Å²) in [6, 6.07) is 13.0. The molecule has 5 rings (SSSR count). The number of pyridine rings is 1. The molecule has 0 aliphatic carbocycles. The van der Waals surface area contributed by atoms with Crippen LogP contribution in [0.4, 0.5) is 31.5 Å². The van der Waals surface area contributed by atoms with Crippen molar-refractivity contribution in [3.63, 3.8) is 0 Å². The third-order valence-electron chi connectivity index (χ3n) is 6.42. The summed E-state index contributed by atoms with van der Waals surface area (Å²) in [6.45, 7) is 1.79. The fourth-order valence-electron chi connectivity index (χ4n) is 4.53. The van der Waals surface area contributed by atoms with E-state index >= 15 is 0 Å². The molecule has 0 bridgehead atoms. The minimum atomic E-state index is -0.778. The van der Waals surface area contributed by atoms with Crippen molar-refractivity contribution in [1.29, 1.82) is 0 Å². The Morgan fingerprint density at radius 1 is 0.864 bits per heavy atom. The van der Waals surface area contributed by atoms with E-state index in [1.165, 1.54) is 32.5 Å².